The van der Waals surface area contributed by atoms with Gasteiger partial charge in [-0.25, -0.2) is 4.57 Å². The lowest BCUT2D eigenvalue weighted by atomic mass is 10.6. The van der Waals surface area contributed by atoms with Crippen molar-refractivity contribution in [2.75, 3.05) is 0 Å². The number of rotatable bonds is 1. The highest BCUT2D eigenvalue weighted by atomic mass is 19.4. The predicted octanol–water partition coefficient (Wildman–Crippen LogP) is 0.752. The summed E-state index contributed by atoms with van der Waals surface area (Å²) in [4.78, 5) is 0. The summed E-state index contributed by atoms with van der Waals surface area (Å²) >= 11 is 0. The van der Waals surface area contributed by atoms with Crippen LogP contribution in [0.1, 0.15) is 5.82 Å². The summed E-state index contributed by atoms with van der Waals surface area (Å²) in [5.41, 5.74) is 0. The van der Waals surface area contributed by atoms with Crippen LogP contribution in [0.15, 0.2) is 6.33 Å². The van der Waals surface area contributed by atoms with Gasteiger partial charge < -0.3 is 5.41 Å². The van der Waals surface area contributed by atoms with Gasteiger partial charge >= 0.3 is 6.30 Å². The van der Waals surface area contributed by atoms with Crippen molar-refractivity contribution in [1.29, 1.82) is 5.41 Å². The highest BCUT2D eigenvalue weighted by Crippen LogP contribution is 2.21. The molecular weight excluding hydrogens is 161 g/mol. The fourth-order valence-corrected chi connectivity index (χ4v) is 0.538. The molecule has 1 aromatic heterocycles. The lowest BCUT2D eigenvalue weighted by Crippen LogP contribution is -2.18. The van der Waals surface area contributed by atoms with Gasteiger partial charge in [0.15, 0.2) is 5.82 Å². The second kappa shape index (κ2) is 2.33. The molecule has 0 saturated carbocycles. The van der Waals surface area contributed by atoms with E-state index in [1.165, 1.54) is 0 Å². The summed E-state index contributed by atoms with van der Waals surface area (Å²) in [5.74, 6) is -0.530. The molecule has 1 heterocycles. The van der Waals surface area contributed by atoms with Crippen molar-refractivity contribution in [3.05, 3.63) is 12.2 Å². The Morgan fingerprint density at radius 2 is 2.18 bits per heavy atom. The van der Waals surface area contributed by atoms with Crippen molar-refractivity contribution in [3.63, 3.8) is 0 Å². The Kier molecular flexibility index (Phi) is 1.63. The minimum atomic E-state index is -4.55. The van der Waals surface area contributed by atoms with Gasteiger partial charge in [-0.2, -0.15) is 0 Å². The van der Waals surface area contributed by atoms with Crippen LogP contribution in [0.4, 0.5) is 13.2 Å². The largest absolute Gasteiger partial charge is 0.491 e. The van der Waals surface area contributed by atoms with Gasteiger partial charge in [-0.3, -0.25) is 0 Å². The lowest BCUT2D eigenvalue weighted by Gasteiger charge is -2.05. The average molecular weight is 164 g/mol. The molecule has 0 spiro atoms. The maximum Gasteiger partial charge on any atom is 0.491 e. The molecule has 0 amide bonds. The van der Waals surface area contributed by atoms with Crippen molar-refractivity contribution in [2.24, 2.45) is 0 Å². The van der Waals surface area contributed by atoms with Gasteiger partial charge in [0.1, 0.15) is 6.33 Å². The molecule has 0 aromatic carbocycles. The molecule has 11 heavy (non-hydrogen) atoms. The van der Waals surface area contributed by atoms with E-state index in [0.717, 1.165) is 0 Å². The Hall–Kier alpha value is -1.40. The minimum Gasteiger partial charge on any atom is -0.305 e. The minimum absolute atomic E-state index is 0.139. The Bertz CT molecular complexity index is 263. The zero-order chi connectivity index (χ0) is 8.48. The van der Waals surface area contributed by atoms with Crippen molar-refractivity contribution in [1.82, 2.24) is 14.8 Å². The van der Waals surface area contributed by atoms with Crippen molar-refractivity contribution >= 4 is 6.21 Å². The number of nitrogens with one attached hydrogen (secondary N) is 1. The van der Waals surface area contributed by atoms with Gasteiger partial charge in [0, 0.05) is 0 Å². The number of hydrogen-bond donors (Lipinski definition) is 1. The highest BCUT2D eigenvalue weighted by Gasteiger charge is 2.32. The third-order valence-corrected chi connectivity index (χ3v) is 0.976. The molecule has 7 heteroatoms. The molecule has 1 aromatic rings. The van der Waals surface area contributed by atoms with Gasteiger partial charge in [-0.1, -0.05) is 0 Å². The Morgan fingerprint density at radius 3 is 2.55 bits per heavy atom. The van der Waals surface area contributed by atoms with Crippen LogP contribution < -0.4 is 0 Å². The first-order valence-corrected chi connectivity index (χ1v) is 2.53. The first kappa shape index (κ1) is 7.70. The Labute approximate surface area is 59.2 Å². The summed E-state index contributed by atoms with van der Waals surface area (Å²) in [7, 11) is 0. The van der Waals surface area contributed by atoms with Crippen LogP contribution in [0.3, 0.4) is 0 Å². The molecule has 0 atom stereocenters. The van der Waals surface area contributed by atoms with E-state index >= 15 is 0 Å². The second-order valence-corrected chi connectivity index (χ2v) is 1.67. The summed E-state index contributed by atoms with van der Waals surface area (Å²) in [6.45, 7) is 0. The van der Waals surface area contributed by atoms with E-state index in [-0.39, 0.29) is 4.57 Å². The predicted molar refractivity (Wildman–Crippen MR) is 29.2 cm³/mol. The van der Waals surface area contributed by atoms with Crippen molar-refractivity contribution in [3.8, 4) is 0 Å². The number of hydrogen-bond acceptors (Lipinski definition) is 3. The second-order valence-electron chi connectivity index (χ2n) is 1.67. The quantitative estimate of drug-likeness (QED) is 0.622. The summed E-state index contributed by atoms with van der Waals surface area (Å²) in [6, 6.07) is 0. The van der Waals surface area contributed by atoms with Crippen LogP contribution in [-0.2, 0) is 6.30 Å². The SMILES string of the molecule is N=Cc1nncn1C(F)(F)F. The number of alkyl halides is 3. The molecule has 1 N–H and O–H groups in total. The maximum absolute atomic E-state index is 11.8. The van der Waals surface area contributed by atoms with Crippen LogP contribution in [0, 0.1) is 5.41 Å². The molecule has 0 fully saturated rings. The fraction of sp³-hybridized carbons (Fsp3) is 0.250. The summed E-state index contributed by atoms with van der Waals surface area (Å²) in [5, 5.41) is 12.6. The maximum atomic E-state index is 11.8. The van der Waals surface area contributed by atoms with E-state index in [2.05, 4.69) is 10.2 Å². The van der Waals surface area contributed by atoms with Gasteiger partial charge in [-0.15, -0.1) is 23.4 Å². The third-order valence-electron chi connectivity index (χ3n) is 0.976. The van der Waals surface area contributed by atoms with E-state index in [1.807, 2.05) is 0 Å². The van der Waals surface area contributed by atoms with Crippen LogP contribution in [-0.4, -0.2) is 21.0 Å². The molecular formula is C4H3F3N4. The standard InChI is InChI=1S/C4H3F3N4/c5-4(6,7)11-2-9-10-3(11)1-8/h1-2,8H. The zero-order valence-corrected chi connectivity index (χ0v) is 5.13. The Morgan fingerprint density at radius 1 is 1.55 bits per heavy atom. The van der Waals surface area contributed by atoms with E-state index in [4.69, 9.17) is 5.41 Å². The lowest BCUT2D eigenvalue weighted by molar-refractivity contribution is -0.204. The van der Waals surface area contributed by atoms with E-state index in [1.54, 1.807) is 0 Å². The van der Waals surface area contributed by atoms with E-state index in [0.29, 0.717) is 12.5 Å². The zero-order valence-electron chi connectivity index (χ0n) is 5.13. The van der Waals surface area contributed by atoms with Crippen molar-refractivity contribution < 1.29 is 13.2 Å². The summed E-state index contributed by atoms with van der Waals surface area (Å²) < 4.78 is 35.4. The van der Waals surface area contributed by atoms with E-state index < -0.39 is 12.1 Å². The van der Waals surface area contributed by atoms with Gasteiger partial charge in [-0.05, 0) is 0 Å². The number of halogens is 3. The first-order valence-electron chi connectivity index (χ1n) is 2.53. The topological polar surface area (TPSA) is 54.6 Å². The summed E-state index contributed by atoms with van der Waals surface area (Å²) in [6.07, 6.45) is -3.54. The van der Waals surface area contributed by atoms with Crippen molar-refractivity contribution in [2.45, 2.75) is 6.30 Å². The molecule has 1 rings (SSSR count). The fourth-order valence-electron chi connectivity index (χ4n) is 0.538. The third kappa shape index (κ3) is 1.36. The molecule has 0 aliphatic heterocycles. The smallest absolute Gasteiger partial charge is 0.305 e. The number of nitrogens with zero attached hydrogens (tertiary/aromatic N) is 3. The van der Waals surface area contributed by atoms with Gasteiger partial charge in [0.2, 0.25) is 0 Å². The van der Waals surface area contributed by atoms with Crippen LogP contribution in [0.25, 0.3) is 0 Å². The molecule has 0 saturated heterocycles. The Balaban J connectivity index is 3.12. The highest BCUT2D eigenvalue weighted by molar-refractivity contribution is 5.71. The normalized spacial score (nSPS) is 11.5. The average Bonchev–Trinajstić information content (AvgIpc) is 2.31. The van der Waals surface area contributed by atoms with Crippen LogP contribution in [0.2, 0.25) is 0 Å². The van der Waals surface area contributed by atoms with Crippen LogP contribution >= 0.6 is 0 Å². The van der Waals surface area contributed by atoms with E-state index in [9.17, 15) is 13.2 Å². The van der Waals surface area contributed by atoms with Gasteiger partial charge in [0.05, 0.1) is 6.21 Å². The molecule has 0 aliphatic carbocycles. The van der Waals surface area contributed by atoms with Crippen LogP contribution in [0.5, 0.6) is 0 Å². The number of aromatic nitrogens is 3. The molecule has 4 nitrogen and oxygen atoms in total. The first-order chi connectivity index (χ1) is 5.05. The monoisotopic (exact) mass is 164 g/mol. The molecule has 0 bridgehead atoms. The molecule has 0 unspecified atom stereocenters. The molecule has 0 radical (unpaired) electrons. The van der Waals surface area contributed by atoms with Gasteiger partial charge in [0.25, 0.3) is 0 Å². The molecule has 0 aliphatic rings. The molecule has 60 valence electrons.